The summed E-state index contributed by atoms with van der Waals surface area (Å²) in [7, 11) is 0. The molecule has 1 aliphatic rings. The third kappa shape index (κ3) is 7.45. The fraction of sp³-hybridized carbons (Fsp3) is 0.619. The van der Waals surface area contributed by atoms with E-state index in [-0.39, 0.29) is 28.1 Å². The molecule has 172 valence electrons. The molecule has 1 aromatic rings. The molecule has 2 amide bonds. The second-order valence-corrected chi connectivity index (χ2v) is 8.44. The maximum absolute atomic E-state index is 12.6. The highest BCUT2D eigenvalue weighted by atomic mass is 35.5. The number of carbonyl (C=O) groups excluding carboxylic acids is 2. The molecule has 0 radical (unpaired) electrons. The average molecular weight is 454 g/mol. The van der Waals surface area contributed by atoms with E-state index in [9.17, 15) is 19.7 Å². The van der Waals surface area contributed by atoms with Crippen molar-refractivity contribution in [2.75, 3.05) is 45.8 Å². The molecule has 1 unspecified atom stereocenters. The minimum atomic E-state index is -0.730. The summed E-state index contributed by atoms with van der Waals surface area (Å²) < 4.78 is 0. The highest BCUT2D eigenvalue weighted by Crippen LogP contribution is 2.22. The number of rotatable bonds is 10. The van der Waals surface area contributed by atoms with Crippen molar-refractivity contribution < 1.29 is 14.5 Å². The van der Waals surface area contributed by atoms with Gasteiger partial charge >= 0.3 is 0 Å². The van der Waals surface area contributed by atoms with E-state index in [1.807, 2.05) is 13.8 Å². The summed E-state index contributed by atoms with van der Waals surface area (Å²) in [6.45, 7) is 12.6. The molecular weight excluding hydrogens is 422 g/mol. The van der Waals surface area contributed by atoms with Gasteiger partial charge in [0.15, 0.2) is 0 Å². The lowest BCUT2D eigenvalue weighted by Gasteiger charge is -2.34. The van der Waals surface area contributed by atoms with E-state index < -0.39 is 16.9 Å². The monoisotopic (exact) mass is 453 g/mol. The quantitative estimate of drug-likeness (QED) is 0.319. The van der Waals surface area contributed by atoms with Gasteiger partial charge in [-0.3, -0.25) is 19.7 Å². The lowest BCUT2D eigenvalue weighted by molar-refractivity contribution is -0.384. The number of non-ortho nitro benzene ring substituents is 1. The Bertz CT molecular complexity index is 781. The maximum Gasteiger partial charge on any atom is 0.270 e. The standard InChI is InChI=1S/C21H32ClN5O4/c1-4-25-10-12-26(13-11-25)9-5-8-23-21(29)19(15(2)3)24-20(28)17-7-6-16(27(30)31)14-18(17)22/h6-7,14-15,19H,4-5,8-13H2,1-3H3,(H,23,29)(H,24,28). The van der Waals surface area contributed by atoms with Crippen LogP contribution in [0.2, 0.25) is 5.02 Å². The minimum Gasteiger partial charge on any atom is -0.354 e. The molecule has 1 atom stereocenters. The molecule has 0 bridgehead atoms. The molecule has 0 saturated carbocycles. The number of hydrogen-bond donors (Lipinski definition) is 2. The molecule has 10 heteroatoms. The average Bonchev–Trinajstić information content (AvgIpc) is 2.74. The fourth-order valence-electron chi connectivity index (χ4n) is 3.51. The van der Waals surface area contributed by atoms with Crippen molar-refractivity contribution in [1.82, 2.24) is 20.4 Å². The summed E-state index contributed by atoms with van der Waals surface area (Å²) in [4.78, 5) is 40.3. The van der Waals surface area contributed by atoms with Gasteiger partial charge in [-0.15, -0.1) is 0 Å². The Morgan fingerprint density at radius 3 is 2.39 bits per heavy atom. The Kier molecular flexibility index (Phi) is 9.67. The lowest BCUT2D eigenvalue weighted by Crippen LogP contribution is -2.50. The van der Waals surface area contributed by atoms with Crippen LogP contribution in [0.3, 0.4) is 0 Å². The van der Waals surface area contributed by atoms with Crippen LogP contribution >= 0.6 is 11.6 Å². The highest BCUT2D eigenvalue weighted by Gasteiger charge is 2.26. The van der Waals surface area contributed by atoms with Crippen LogP contribution < -0.4 is 10.6 Å². The molecular formula is C21H32ClN5O4. The molecule has 1 aliphatic heterocycles. The summed E-state index contributed by atoms with van der Waals surface area (Å²) in [5.74, 6) is -0.928. The summed E-state index contributed by atoms with van der Waals surface area (Å²) in [5.41, 5.74) is -0.104. The Balaban J connectivity index is 1.84. The third-order valence-electron chi connectivity index (χ3n) is 5.51. The zero-order valence-electron chi connectivity index (χ0n) is 18.4. The summed E-state index contributed by atoms with van der Waals surface area (Å²) in [6.07, 6.45) is 0.838. The van der Waals surface area contributed by atoms with Crippen LogP contribution in [0.4, 0.5) is 5.69 Å². The van der Waals surface area contributed by atoms with Crippen molar-refractivity contribution in [2.24, 2.45) is 5.92 Å². The first-order valence-corrected chi connectivity index (χ1v) is 11.1. The summed E-state index contributed by atoms with van der Waals surface area (Å²) in [5, 5.41) is 16.4. The summed E-state index contributed by atoms with van der Waals surface area (Å²) >= 11 is 6.03. The molecule has 31 heavy (non-hydrogen) atoms. The van der Waals surface area contributed by atoms with Crippen LogP contribution in [0, 0.1) is 16.0 Å². The van der Waals surface area contributed by atoms with Gasteiger partial charge in [0.1, 0.15) is 6.04 Å². The topological polar surface area (TPSA) is 108 Å². The highest BCUT2D eigenvalue weighted by molar-refractivity contribution is 6.34. The van der Waals surface area contributed by atoms with Crippen molar-refractivity contribution in [1.29, 1.82) is 0 Å². The van der Waals surface area contributed by atoms with E-state index in [4.69, 9.17) is 11.6 Å². The van der Waals surface area contributed by atoms with Gasteiger partial charge < -0.3 is 20.4 Å². The zero-order valence-corrected chi connectivity index (χ0v) is 19.2. The summed E-state index contributed by atoms with van der Waals surface area (Å²) in [6, 6.07) is 2.91. The SMILES string of the molecule is CCN1CCN(CCCNC(=O)C(NC(=O)c2ccc([N+](=O)[O-])cc2Cl)C(C)C)CC1. The molecule has 0 aromatic heterocycles. The molecule has 1 saturated heterocycles. The van der Waals surface area contributed by atoms with E-state index in [0.717, 1.165) is 51.8 Å². The fourth-order valence-corrected chi connectivity index (χ4v) is 3.77. The number of halogens is 1. The number of amides is 2. The number of nitrogens with one attached hydrogen (secondary N) is 2. The molecule has 2 N–H and O–H groups in total. The molecule has 0 spiro atoms. The van der Waals surface area contributed by atoms with E-state index in [1.165, 1.54) is 12.1 Å². The Morgan fingerprint density at radius 2 is 1.84 bits per heavy atom. The second kappa shape index (κ2) is 12.0. The van der Waals surface area contributed by atoms with Crippen LogP contribution in [0.15, 0.2) is 18.2 Å². The number of nitro benzene ring substituents is 1. The molecule has 1 aromatic carbocycles. The van der Waals surface area contributed by atoms with Gasteiger partial charge in [0.2, 0.25) is 5.91 Å². The first-order valence-electron chi connectivity index (χ1n) is 10.7. The normalized spacial score (nSPS) is 16.2. The van der Waals surface area contributed by atoms with E-state index >= 15 is 0 Å². The van der Waals surface area contributed by atoms with Crippen molar-refractivity contribution >= 4 is 29.1 Å². The van der Waals surface area contributed by atoms with Gasteiger partial charge in [-0.05, 0) is 31.5 Å². The van der Waals surface area contributed by atoms with Gasteiger partial charge in [-0.2, -0.15) is 0 Å². The van der Waals surface area contributed by atoms with Gasteiger partial charge in [0.25, 0.3) is 11.6 Å². The second-order valence-electron chi connectivity index (χ2n) is 8.04. The Hall–Kier alpha value is -2.23. The van der Waals surface area contributed by atoms with E-state index in [0.29, 0.717) is 6.54 Å². The maximum atomic E-state index is 12.6. The van der Waals surface area contributed by atoms with Crippen molar-refractivity contribution in [3.8, 4) is 0 Å². The van der Waals surface area contributed by atoms with Gasteiger partial charge in [-0.1, -0.05) is 32.4 Å². The van der Waals surface area contributed by atoms with E-state index in [2.05, 4.69) is 27.4 Å². The molecule has 1 heterocycles. The first-order chi connectivity index (χ1) is 14.7. The van der Waals surface area contributed by atoms with E-state index in [1.54, 1.807) is 0 Å². The predicted octanol–water partition coefficient (Wildman–Crippen LogP) is 2.15. The number of benzene rings is 1. The van der Waals surface area contributed by atoms with Crippen LogP contribution in [-0.2, 0) is 4.79 Å². The van der Waals surface area contributed by atoms with Crippen LogP contribution in [0.1, 0.15) is 37.6 Å². The van der Waals surface area contributed by atoms with Crippen LogP contribution in [0.25, 0.3) is 0 Å². The van der Waals surface area contributed by atoms with Gasteiger partial charge in [-0.25, -0.2) is 0 Å². The van der Waals surface area contributed by atoms with Crippen molar-refractivity contribution in [2.45, 2.75) is 33.2 Å². The van der Waals surface area contributed by atoms with Gasteiger partial charge in [0, 0.05) is 44.9 Å². The van der Waals surface area contributed by atoms with Crippen LogP contribution in [-0.4, -0.2) is 78.4 Å². The van der Waals surface area contributed by atoms with Crippen LogP contribution in [0.5, 0.6) is 0 Å². The number of nitrogens with zero attached hydrogens (tertiary/aromatic N) is 3. The van der Waals surface area contributed by atoms with Crippen molar-refractivity contribution in [3.05, 3.63) is 38.9 Å². The molecule has 0 aliphatic carbocycles. The Labute approximate surface area is 188 Å². The third-order valence-corrected chi connectivity index (χ3v) is 5.82. The molecule has 2 rings (SSSR count). The predicted molar refractivity (Wildman–Crippen MR) is 120 cm³/mol. The minimum absolute atomic E-state index is 0.0298. The Morgan fingerprint density at radius 1 is 1.19 bits per heavy atom. The number of piperazine rings is 1. The zero-order chi connectivity index (χ0) is 23.0. The number of nitro groups is 1. The van der Waals surface area contributed by atoms with Gasteiger partial charge in [0.05, 0.1) is 15.5 Å². The molecule has 9 nitrogen and oxygen atoms in total. The first kappa shape index (κ1) is 25.0. The largest absolute Gasteiger partial charge is 0.354 e. The van der Waals surface area contributed by atoms with Crippen molar-refractivity contribution in [3.63, 3.8) is 0 Å². The number of carbonyl (C=O) groups is 2. The smallest absolute Gasteiger partial charge is 0.270 e. The molecule has 1 fully saturated rings. The number of hydrogen-bond acceptors (Lipinski definition) is 6. The number of likely N-dealkylation sites (N-methyl/N-ethyl adjacent to an activating group) is 1. The lowest BCUT2D eigenvalue weighted by atomic mass is 10.0.